The van der Waals surface area contributed by atoms with Gasteiger partial charge in [-0.1, -0.05) is 58.5 Å². The molecule has 144 valence electrons. The smallest absolute Gasteiger partial charge is 0.307 e. The van der Waals surface area contributed by atoms with Crippen molar-refractivity contribution < 1.29 is 19.8 Å². The lowest BCUT2D eigenvalue weighted by Gasteiger charge is -2.03. The van der Waals surface area contributed by atoms with E-state index in [1.807, 2.05) is 12.1 Å². The molecule has 0 amide bonds. The molecule has 0 heterocycles. The minimum atomic E-state index is -1.00. The molecule has 0 unspecified atom stereocenters. The molecule has 0 aliphatic carbocycles. The summed E-state index contributed by atoms with van der Waals surface area (Å²) in [5.41, 5.74) is 1.01. The van der Waals surface area contributed by atoms with Gasteiger partial charge in [0, 0.05) is 0 Å². The Bertz CT molecular complexity index is 929. The first-order valence-corrected chi connectivity index (χ1v) is 8.81. The highest BCUT2D eigenvalue weighted by Crippen LogP contribution is 2.28. The molecule has 28 heavy (non-hydrogen) atoms. The summed E-state index contributed by atoms with van der Waals surface area (Å²) in [6.07, 6.45) is -0.435. The van der Waals surface area contributed by atoms with Crippen molar-refractivity contribution in [3.63, 3.8) is 0 Å². The van der Waals surface area contributed by atoms with Crippen molar-refractivity contribution in [1.82, 2.24) is 0 Å². The van der Waals surface area contributed by atoms with Crippen LogP contribution in [0.3, 0.4) is 0 Å². The summed E-state index contributed by atoms with van der Waals surface area (Å²) in [5.74, 6) is -2.00. The van der Waals surface area contributed by atoms with Crippen molar-refractivity contribution in [2.24, 2.45) is 0 Å². The lowest BCUT2D eigenvalue weighted by molar-refractivity contribution is -0.137. The summed E-state index contributed by atoms with van der Waals surface area (Å²) >= 11 is 22.9. The number of carbonyl (C=O) groups is 2. The molecule has 0 bridgehead atoms. The Morgan fingerprint density at radius 2 is 1.07 bits per heavy atom. The maximum Gasteiger partial charge on any atom is 0.307 e. The van der Waals surface area contributed by atoms with Gasteiger partial charge in [-0.3, -0.25) is 9.59 Å². The highest BCUT2D eigenvalue weighted by atomic mass is 35.5. The summed E-state index contributed by atoms with van der Waals surface area (Å²) < 4.78 is 0. The topological polar surface area (TPSA) is 122 Å². The fraction of sp³-hybridized carbons (Fsp3) is 0.111. The van der Waals surface area contributed by atoms with Gasteiger partial charge in [0.2, 0.25) is 0 Å². The summed E-state index contributed by atoms with van der Waals surface area (Å²) in [6.45, 7) is 0. The lowest BCUT2D eigenvalue weighted by atomic mass is 10.1. The van der Waals surface area contributed by atoms with E-state index in [-0.39, 0.29) is 44.1 Å². The van der Waals surface area contributed by atoms with Gasteiger partial charge in [0.25, 0.3) is 0 Å². The fourth-order valence-electron chi connectivity index (χ4n) is 2.00. The fourth-order valence-corrected chi connectivity index (χ4v) is 3.04. The second-order valence-corrected chi connectivity index (χ2v) is 6.73. The van der Waals surface area contributed by atoms with Crippen molar-refractivity contribution >= 4 is 58.3 Å². The number of carboxylic acids is 2. The molecule has 0 aliphatic heterocycles. The number of benzene rings is 2. The zero-order valence-electron chi connectivity index (χ0n) is 13.8. The molecule has 6 nitrogen and oxygen atoms in total. The van der Waals surface area contributed by atoms with E-state index in [2.05, 4.69) is 0 Å². The highest BCUT2D eigenvalue weighted by molar-refractivity contribution is 6.37. The van der Waals surface area contributed by atoms with Crippen molar-refractivity contribution in [2.45, 2.75) is 12.8 Å². The molecule has 10 heteroatoms. The molecule has 2 aromatic rings. The minimum absolute atomic E-state index is 0.113. The van der Waals surface area contributed by atoms with Gasteiger partial charge in [-0.05, 0) is 23.3 Å². The Balaban J connectivity index is 0.000000280. The van der Waals surface area contributed by atoms with Crippen molar-refractivity contribution in [1.29, 1.82) is 10.5 Å². The van der Waals surface area contributed by atoms with Crippen LogP contribution >= 0.6 is 46.4 Å². The Morgan fingerprint density at radius 3 is 1.32 bits per heavy atom. The van der Waals surface area contributed by atoms with Crippen molar-refractivity contribution in [3.05, 3.63) is 66.6 Å². The van der Waals surface area contributed by atoms with Crippen LogP contribution in [0.15, 0.2) is 24.3 Å². The van der Waals surface area contributed by atoms with Crippen LogP contribution in [0.1, 0.15) is 22.3 Å². The maximum absolute atomic E-state index is 10.4. The van der Waals surface area contributed by atoms with Gasteiger partial charge in [0.1, 0.15) is 12.1 Å². The monoisotopic (exact) mass is 458 g/mol. The summed E-state index contributed by atoms with van der Waals surface area (Å²) in [4.78, 5) is 20.9. The van der Waals surface area contributed by atoms with E-state index in [1.54, 1.807) is 0 Å². The molecule has 0 aliphatic rings. The minimum Gasteiger partial charge on any atom is -0.481 e. The van der Waals surface area contributed by atoms with E-state index >= 15 is 0 Å². The SMILES string of the molecule is N#Cc1c(Cl)ccc(CC(=O)O)c1Cl.N#Cc1c(Cl)ccc(CC(=O)O)c1Cl. The molecule has 0 saturated heterocycles. The average molecular weight is 460 g/mol. The molecular formula is C18H10Cl4N2O4. The quantitative estimate of drug-likeness (QED) is 0.664. The number of nitriles is 2. The number of hydrogen-bond donors (Lipinski definition) is 2. The third-order valence-electron chi connectivity index (χ3n) is 3.25. The molecule has 0 aromatic heterocycles. The number of nitrogens with zero attached hydrogens (tertiary/aromatic N) is 2. The predicted octanol–water partition coefficient (Wildman–Crippen LogP) is 4.98. The third kappa shape index (κ3) is 6.30. The second kappa shape index (κ2) is 10.8. The van der Waals surface area contributed by atoms with Gasteiger partial charge in [-0.15, -0.1) is 0 Å². The van der Waals surface area contributed by atoms with Gasteiger partial charge >= 0.3 is 11.9 Å². The van der Waals surface area contributed by atoms with Crippen LogP contribution in [-0.4, -0.2) is 22.2 Å². The highest BCUT2D eigenvalue weighted by Gasteiger charge is 2.13. The first-order valence-electron chi connectivity index (χ1n) is 7.29. The number of halogens is 4. The van der Waals surface area contributed by atoms with Crippen molar-refractivity contribution in [3.8, 4) is 12.1 Å². The Morgan fingerprint density at radius 1 is 0.750 bits per heavy atom. The van der Waals surface area contributed by atoms with E-state index < -0.39 is 11.9 Å². The summed E-state index contributed by atoms with van der Waals surface area (Å²) in [6, 6.07) is 9.57. The number of carboxylic acid groups (broad SMARTS) is 2. The number of hydrogen-bond acceptors (Lipinski definition) is 4. The van der Waals surface area contributed by atoms with Crippen LogP contribution in [0.4, 0.5) is 0 Å². The zero-order chi connectivity index (χ0) is 21.4. The van der Waals surface area contributed by atoms with Crippen LogP contribution in [-0.2, 0) is 22.4 Å². The van der Waals surface area contributed by atoms with E-state index in [4.69, 9.17) is 67.1 Å². The normalized spacial score (nSPS) is 9.50. The Kier molecular flexibility index (Phi) is 9.05. The van der Waals surface area contributed by atoms with Gasteiger partial charge in [0.05, 0.1) is 44.1 Å². The van der Waals surface area contributed by atoms with Gasteiger partial charge in [-0.2, -0.15) is 10.5 Å². The number of rotatable bonds is 4. The van der Waals surface area contributed by atoms with Crippen molar-refractivity contribution in [2.75, 3.05) is 0 Å². The van der Waals surface area contributed by atoms with E-state index in [0.29, 0.717) is 11.1 Å². The molecule has 0 spiro atoms. The van der Waals surface area contributed by atoms with Gasteiger partial charge in [0.15, 0.2) is 0 Å². The van der Waals surface area contributed by atoms with Crippen LogP contribution in [0.25, 0.3) is 0 Å². The van der Waals surface area contributed by atoms with E-state index in [1.165, 1.54) is 24.3 Å². The van der Waals surface area contributed by atoms with Crippen LogP contribution in [0.5, 0.6) is 0 Å². The first kappa shape index (κ1) is 23.6. The first-order chi connectivity index (χ1) is 13.1. The molecule has 0 saturated carbocycles. The number of aliphatic carboxylic acids is 2. The van der Waals surface area contributed by atoms with E-state index in [0.717, 1.165) is 0 Å². The summed E-state index contributed by atoms with van der Waals surface area (Å²) in [5, 5.41) is 35.2. The van der Waals surface area contributed by atoms with E-state index in [9.17, 15) is 9.59 Å². The summed E-state index contributed by atoms with van der Waals surface area (Å²) in [7, 11) is 0. The van der Waals surface area contributed by atoms with Gasteiger partial charge in [-0.25, -0.2) is 0 Å². The standard InChI is InChI=1S/2C9H5Cl2NO2/c2*10-7-2-1-5(3-8(13)14)9(11)6(7)4-12/h2*1-2H,3H2,(H,13,14). The van der Waals surface area contributed by atoms with Gasteiger partial charge < -0.3 is 10.2 Å². The Hall–Kier alpha value is -2.48. The molecule has 0 fully saturated rings. The lowest BCUT2D eigenvalue weighted by Crippen LogP contribution is -2.01. The molecule has 2 aromatic carbocycles. The second-order valence-electron chi connectivity index (χ2n) is 5.16. The van der Waals surface area contributed by atoms with Crippen LogP contribution in [0.2, 0.25) is 20.1 Å². The average Bonchev–Trinajstić information content (AvgIpc) is 2.61. The molecule has 0 radical (unpaired) electrons. The Labute approximate surface area is 180 Å². The molecule has 0 atom stereocenters. The molecular weight excluding hydrogens is 450 g/mol. The largest absolute Gasteiger partial charge is 0.481 e. The maximum atomic E-state index is 10.4. The third-order valence-corrected chi connectivity index (χ3v) is 4.74. The zero-order valence-corrected chi connectivity index (χ0v) is 16.9. The van der Waals surface area contributed by atoms with Crippen LogP contribution < -0.4 is 0 Å². The molecule has 2 N–H and O–H groups in total. The molecule has 2 rings (SSSR count). The predicted molar refractivity (Wildman–Crippen MR) is 105 cm³/mol. The van der Waals surface area contributed by atoms with Crippen LogP contribution in [0, 0.1) is 22.7 Å².